The highest BCUT2D eigenvalue weighted by Gasteiger charge is 2.26. The highest BCUT2D eigenvalue weighted by molar-refractivity contribution is 5.34. The van der Waals surface area contributed by atoms with Crippen LogP contribution in [0.3, 0.4) is 0 Å². The van der Waals surface area contributed by atoms with Crippen LogP contribution in [-0.2, 0) is 0 Å². The minimum absolute atomic E-state index is 0.111. The molecule has 1 atom stereocenters. The summed E-state index contributed by atoms with van der Waals surface area (Å²) in [5.41, 5.74) is -0.754. The molecule has 0 bridgehead atoms. The smallest absolute Gasteiger partial charge is 0.305 e. The second-order valence-electron chi connectivity index (χ2n) is 4.84. The fourth-order valence-corrected chi connectivity index (χ4v) is 2.04. The summed E-state index contributed by atoms with van der Waals surface area (Å²) in [6.45, 7) is 3.24. The third-order valence-electron chi connectivity index (χ3n) is 3.18. The molecule has 1 aliphatic rings. The maximum Gasteiger partial charge on any atom is 0.305 e. The van der Waals surface area contributed by atoms with Crippen LogP contribution in [0.25, 0.3) is 0 Å². The second kappa shape index (κ2) is 4.85. The maximum absolute atomic E-state index is 10.5. The summed E-state index contributed by atoms with van der Waals surface area (Å²) in [5, 5.41) is 20.5. The monoisotopic (exact) mass is 252 g/mol. The first kappa shape index (κ1) is 12.7. The van der Waals surface area contributed by atoms with Crippen LogP contribution >= 0.6 is 0 Å². The predicted octanol–water partition coefficient (Wildman–Crippen LogP) is 1.13. The summed E-state index contributed by atoms with van der Waals surface area (Å²) in [7, 11) is 0. The van der Waals surface area contributed by atoms with E-state index in [9.17, 15) is 15.2 Å². The van der Waals surface area contributed by atoms with Crippen molar-refractivity contribution in [2.45, 2.75) is 31.8 Å². The van der Waals surface area contributed by atoms with Crippen molar-refractivity contribution in [3.05, 3.63) is 22.5 Å². The molecule has 2 rings (SSSR count). The average Bonchev–Trinajstić information content (AvgIpc) is 2.50. The standard InChI is InChI=1S/C11H16N4O3/c1-11(16)3-2-5-14(6-4-11)10-12-7-9(8-13-10)15(17)18/h7-8,16H,2-6H2,1H3. The molecule has 98 valence electrons. The first-order chi connectivity index (χ1) is 8.48. The van der Waals surface area contributed by atoms with Gasteiger partial charge in [-0.25, -0.2) is 9.97 Å². The first-order valence-corrected chi connectivity index (χ1v) is 5.92. The third kappa shape index (κ3) is 2.92. The Kier molecular flexibility index (Phi) is 3.42. The molecule has 0 spiro atoms. The molecule has 7 nitrogen and oxygen atoms in total. The largest absolute Gasteiger partial charge is 0.390 e. The Balaban J connectivity index is 2.09. The predicted molar refractivity (Wildman–Crippen MR) is 65.4 cm³/mol. The van der Waals surface area contributed by atoms with Gasteiger partial charge in [-0.2, -0.15) is 0 Å². The van der Waals surface area contributed by atoms with E-state index in [4.69, 9.17) is 0 Å². The van der Waals surface area contributed by atoms with E-state index in [1.54, 1.807) is 0 Å². The van der Waals surface area contributed by atoms with Crippen molar-refractivity contribution in [1.82, 2.24) is 9.97 Å². The van der Waals surface area contributed by atoms with Gasteiger partial charge in [0.1, 0.15) is 12.4 Å². The zero-order valence-electron chi connectivity index (χ0n) is 10.2. The molecule has 0 radical (unpaired) electrons. The van der Waals surface area contributed by atoms with E-state index in [2.05, 4.69) is 9.97 Å². The molecule has 1 aromatic rings. The number of rotatable bonds is 2. The van der Waals surface area contributed by atoms with Crippen molar-refractivity contribution in [3.8, 4) is 0 Å². The normalized spacial score (nSPS) is 24.7. The number of hydrogen-bond acceptors (Lipinski definition) is 6. The van der Waals surface area contributed by atoms with Crippen LogP contribution in [-0.4, -0.2) is 38.7 Å². The molecule has 2 heterocycles. The molecule has 1 saturated heterocycles. The lowest BCUT2D eigenvalue weighted by Crippen LogP contribution is -2.29. The van der Waals surface area contributed by atoms with Crippen molar-refractivity contribution in [3.63, 3.8) is 0 Å². The van der Waals surface area contributed by atoms with Gasteiger partial charge in [-0.1, -0.05) is 0 Å². The van der Waals surface area contributed by atoms with Gasteiger partial charge in [-0.3, -0.25) is 10.1 Å². The number of anilines is 1. The summed E-state index contributed by atoms with van der Waals surface area (Å²) < 4.78 is 0. The Morgan fingerprint density at radius 2 is 2.06 bits per heavy atom. The van der Waals surface area contributed by atoms with Gasteiger partial charge in [0.05, 0.1) is 10.5 Å². The minimum Gasteiger partial charge on any atom is -0.390 e. The van der Waals surface area contributed by atoms with E-state index >= 15 is 0 Å². The molecule has 0 aliphatic carbocycles. The molecule has 0 amide bonds. The van der Waals surface area contributed by atoms with Crippen LogP contribution < -0.4 is 4.90 Å². The van der Waals surface area contributed by atoms with Gasteiger partial charge in [0.25, 0.3) is 0 Å². The van der Waals surface area contributed by atoms with Crippen LogP contribution in [0.5, 0.6) is 0 Å². The summed E-state index contributed by atoms with van der Waals surface area (Å²) in [5.74, 6) is 0.485. The number of nitrogens with zero attached hydrogens (tertiary/aromatic N) is 4. The summed E-state index contributed by atoms with van der Waals surface area (Å²) in [6, 6.07) is 0. The molecule has 1 aromatic heterocycles. The molecular formula is C11H16N4O3. The second-order valence-corrected chi connectivity index (χ2v) is 4.84. The Hall–Kier alpha value is -1.76. The van der Waals surface area contributed by atoms with Crippen molar-refractivity contribution in [2.24, 2.45) is 0 Å². The van der Waals surface area contributed by atoms with E-state index in [0.717, 1.165) is 19.4 Å². The van der Waals surface area contributed by atoms with Crippen molar-refractivity contribution < 1.29 is 10.0 Å². The van der Waals surface area contributed by atoms with Gasteiger partial charge in [0, 0.05) is 13.1 Å². The van der Waals surface area contributed by atoms with Crippen molar-refractivity contribution in [2.75, 3.05) is 18.0 Å². The Labute approximate surface area is 105 Å². The number of aromatic nitrogens is 2. The average molecular weight is 252 g/mol. The van der Waals surface area contributed by atoms with Gasteiger partial charge in [-0.05, 0) is 26.2 Å². The van der Waals surface area contributed by atoms with Gasteiger partial charge in [0.15, 0.2) is 0 Å². The highest BCUT2D eigenvalue weighted by atomic mass is 16.6. The number of nitro groups is 1. The zero-order valence-corrected chi connectivity index (χ0v) is 10.2. The topological polar surface area (TPSA) is 92.4 Å². The number of hydrogen-bond donors (Lipinski definition) is 1. The Bertz CT molecular complexity index is 432. The van der Waals surface area contributed by atoms with Crippen LogP contribution in [0.4, 0.5) is 11.6 Å². The molecule has 0 aromatic carbocycles. The Morgan fingerprint density at radius 3 is 2.67 bits per heavy atom. The van der Waals surface area contributed by atoms with Crippen LogP contribution in [0, 0.1) is 10.1 Å². The minimum atomic E-state index is -0.643. The molecule has 1 N–H and O–H groups in total. The lowest BCUT2D eigenvalue weighted by molar-refractivity contribution is -0.385. The highest BCUT2D eigenvalue weighted by Crippen LogP contribution is 2.23. The molecule has 1 aliphatic heterocycles. The summed E-state index contributed by atoms with van der Waals surface area (Å²) >= 11 is 0. The molecular weight excluding hydrogens is 236 g/mol. The zero-order chi connectivity index (χ0) is 13.2. The van der Waals surface area contributed by atoms with Crippen LogP contribution in [0.2, 0.25) is 0 Å². The summed E-state index contributed by atoms with van der Waals surface area (Å²) in [4.78, 5) is 19.9. The Morgan fingerprint density at radius 1 is 1.39 bits per heavy atom. The quantitative estimate of drug-likeness (QED) is 0.626. The fourth-order valence-electron chi connectivity index (χ4n) is 2.04. The lowest BCUT2D eigenvalue weighted by atomic mass is 9.98. The molecule has 1 unspecified atom stereocenters. The first-order valence-electron chi connectivity index (χ1n) is 5.92. The lowest BCUT2D eigenvalue weighted by Gasteiger charge is -2.22. The van der Waals surface area contributed by atoms with E-state index in [0.29, 0.717) is 18.9 Å². The van der Waals surface area contributed by atoms with E-state index in [1.807, 2.05) is 11.8 Å². The molecule has 1 fully saturated rings. The third-order valence-corrected chi connectivity index (χ3v) is 3.18. The van der Waals surface area contributed by atoms with Gasteiger partial charge >= 0.3 is 5.69 Å². The molecule has 0 saturated carbocycles. The molecule has 7 heteroatoms. The van der Waals surface area contributed by atoms with E-state index in [-0.39, 0.29) is 5.69 Å². The number of aliphatic hydroxyl groups is 1. The maximum atomic E-state index is 10.5. The molecule has 18 heavy (non-hydrogen) atoms. The fraction of sp³-hybridized carbons (Fsp3) is 0.636. The van der Waals surface area contributed by atoms with Crippen molar-refractivity contribution in [1.29, 1.82) is 0 Å². The van der Waals surface area contributed by atoms with Gasteiger partial charge < -0.3 is 10.0 Å². The SMILES string of the molecule is CC1(O)CCCN(c2ncc([N+](=O)[O-])cn2)CC1. The van der Waals surface area contributed by atoms with E-state index in [1.165, 1.54) is 12.4 Å². The van der Waals surface area contributed by atoms with E-state index < -0.39 is 10.5 Å². The summed E-state index contributed by atoms with van der Waals surface area (Å²) in [6.07, 6.45) is 4.67. The van der Waals surface area contributed by atoms with Gasteiger partial charge in [-0.15, -0.1) is 0 Å². The van der Waals surface area contributed by atoms with Crippen LogP contribution in [0.15, 0.2) is 12.4 Å². The van der Waals surface area contributed by atoms with Crippen LogP contribution in [0.1, 0.15) is 26.2 Å². The van der Waals surface area contributed by atoms with Crippen molar-refractivity contribution >= 4 is 11.6 Å². The van der Waals surface area contributed by atoms with Gasteiger partial charge in [0.2, 0.25) is 5.95 Å².